The van der Waals surface area contributed by atoms with Gasteiger partial charge in [0, 0.05) is 5.39 Å². The van der Waals surface area contributed by atoms with E-state index in [9.17, 15) is 0 Å². The Morgan fingerprint density at radius 1 is 1.10 bits per heavy atom. The molecule has 3 rings (SSSR count). The van der Waals surface area contributed by atoms with Crippen LogP contribution in [0, 0.1) is 6.92 Å². The third kappa shape index (κ3) is 2.59. The monoisotopic (exact) mass is 279 g/mol. The molecule has 0 aliphatic heterocycles. The van der Waals surface area contributed by atoms with Gasteiger partial charge >= 0.3 is 0 Å². The molecule has 2 nitrogen and oxygen atoms in total. The van der Waals surface area contributed by atoms with E-state index in [1.807, 2.05) is 7.05 Å². The quantitative estimate of drug-likeness (QED) is 0.754. The highest BCUT2D eigenvalue weighted by Gasteiger charge is 2.17. The Bertz CT molecular complexity index is 740. The van der Waals surface area contributed by atoms with E-state index < -0.39 is 0 Å². The molecule has 0 saturated heterocycles. The van der Waals surface area contributed by atoms with Crippen molar-refractivity contribution in [3.63, 3.8) is 0 Å². The second-order valence-electron chi connectivity index (χ2n) is 5.46. The van der Waals surface area contributed by atoms with Crippen LogP contribution in [0.4, 0.5) is 0 Å². The maximum Gasteiger partial charge on any atom is 0.137 e. The summed E-state index contributed by atoms with van der Waals surface area (Å²) in [7, 11) is 1.97. The van der Waals surface area contributed by atoms with Crippen molar-refractivity contribution in [2.75, 3.05) is 7.05 Å². The number of hydrogen-bond donors (Lipinski definition) is 1. The van der Waals surface area contributed by atoms with E-state index in [1.165, 1.54) is 16.7 Å². The van der Waals surface area contributed by atoms with Crippen molar-refractivity contribution < 1.29 is 4.42 Å². The molecule has 0 radical (unpaired) electrons. The molecule has 2 aromatic carbocycles. The molecule has 3 aromatic rings. The van der Waals surface area contributed by atoms with E-state index in [2.05, 4.69) is 67.7 Å². The molecule has 0 fully saturated rings. The lowest BCUT2D eigenvalue weighted by atomic mass is 10.0. The minimum atomic E-state index is 0.0858. The first-order valence-corrected chi connectivity index (χ1v) is 7.48. The van der Waals surface area contributed by atoms with Gasteiger partial charge in [0.15, 0.2) is 0 Å². The summed E-state index contributed by atoms with van der Waals surface area (Å²) in [6.45, 7) is 4.26. The first-order chi connectivity index (χ1) is 10.2. The molecule has 0 spiro atoms. The van der Waals surface area contributed by atoms with Crippen LogP contribution in [0.15, 0.2) is 52.9 Å². The maximum absolute atomic E-state index is 6.10. The number of benzene rings is 2. The van der Waals surface area contributed by atoms with Crippen molar-refractivity contribution in [2.45, 2.75) is 26.3 Å². The standard InChI is InChI=1S/C19H21NO/c1-4-14-8-10-15(11-9-14)18(20-3)17-12-16-7-5-6-13(2)19(16)21-17/h5-12,18,20H,4H2,1-3H3. The van der Waals surface area contributed by atoms with Crippen LogP contribution >= 0.6 is 0 Å². The van der Waals surface area contributed by atoms with Crippen LogP contribution in [-0.4, -0.2) is 7.05 Å². The van der Waals surface area contributed by atoms with Crippen LogP contribution in [0.25, 0.3) is 11.0 Å². The Hall–Kier alpha value is -2.06. The highest BCUT2D eigenvalue weighted by molar-refractivity contribution is 5.81. The summed E-state index contributed by atoms with van der Waals surface area (Å²) in [4.78, 5) is 0. The zero-order valence-corrected chi connectivity index (χ0v) is 12.8. The highest BCUT2D eigenvalue weighted by atomic mass is 16.3. The fourth-order valence-corrected chi connectivity index (χ4v) is 2.79. The summed E-state index contributed by atoms with van der Waals surface area (Å²) in [6, 6.07) is 17.2. The molecule has 1 heterocycles. The lowest BCUT2D eigenvalue weighted by molar-refractivity contribution is 0.490. The largest absolute Gasteiger partial charge is 0.459 e. The zero-order valence-electron chi connectivity index (χ0n) is 12.8. The number of nitrogens with one attached hydrogen (secondary N) is 1. The van der Waals surface area contributed by atoms with E-state index in [0.717, 1.165) is 23.2 Å². The first-order valence-electron chi connectivity index (χ1n) is 7.48. The van der Waals surface area contributed by atoms with E-state index in [-0.39, 0.29) is 6.04 Å². The molecule has 0 amide bonds. The summed E-state index contributed by atoms with van der Waals surface area (Å²) in [6.07, 6.45) is 1.06. The van der Waals surface area contributed by atoms with Crippen LogP contribution < -0.4 is 5.32 Å². The topological polar surface area (TPSA) is 25.2 Å². The van der Waals surface area contributed by atoms with Gasteiger partial charge in [-0.3, -0.25) is 0 Å². The highest BCUT2D eigenvalue weighted by Crippen LogP contribution is 2.29. The van der Waals surface area contributed by atoms with Crippen molar-refractivity contribution in [1.29, 1.82) is 0 Å². The molecule has 1 atom stereocenters. The second-order valence-corrected chi connectivity index (χ2v) is 5.46. The van der Waals surface area contributed by atoms with Gasteiger partial charge in [-0.15, -0.1) is 0 Å². The number of furan rings is 1. The predicted molar refractivity (Wildman–Crippen MR) is 87.7 cm³/mol. The van der Waals surface area contributed by atoms with Crippen LogP contribution in [0.5, 0.6) is 0 Å². The molecular formula is C19H21NO. The van der Waals surface area contributed by atoms with Crippen LogP contribution in [0.3, 0.4) is 0 Å². The van der Waals surface area contributed by atoms with Gasteiger partial charge in [-0.25, -0.2) is 0 Å². The number of fused-ring (bicyclic) bond motifs is 1. The number of aryl methyl sites for hydroxylation is 2. The smallest absolute Gasteiger partial charge is 0.137 e. The third-order valence-electron chi connectivity index (χ3n) is 4.05. The second kappa shape index (κ2) is 5.74. The van der Waals surface area contributed by atoms with Crippen molar-refractivity contribution in [3.8, 4) is 0 Å². The predicted octanol–water partition coefficient (Wildman–Crippen LogP) is 4.61. The summed E-state index contributed by atoms with van der Waals surface area (Å²) in [5.41, 5.74) is 4.74. The Kier molecular flexibility index (Phi) is 3.80. The van der Waals surface area contributed by atoms with E-state index in [4.69, 9.17) is 4.42 Å². The summed E-state index contributed by atoms with van der Waals surface area (Å²) in [5, 5.41) is 4.52. The maximum atomic E-state index is 6.10. The van der Waals surface area contributed by atoms with Crippen LogP contribution in [0.2, 0.25) is 0 Å². The average Bonchev–Trinajstić information content (AvgIpc) is 2.94. The van der Waals surface area contributed by atoms with Gasteiger partial charge in [0.1, 0.15) is 11.3 Å². The van der Waals surface area contributed by atoms with Crippen molar-refractivity contribution in [3.05, 3.63) is 71.0 Å². The Morgan fingerprint density at radius 3 is 2.48 bits per heavy atom. The number of hydrogen-bond acceptors (Lipinski definition) is 2. The Morgan fingerprint density at radius 2 is 1.86 bits per heavy atom. The summed E-state index contributed by atoms with van der Waals surface area (Å²) in [5.74, 6) is 0.964. The molecule has 1 aromatic heterocycles. The summed E-state index contributed by atoms with van der Waals surface area (Å²) < 4.78 is 6.10. The third-order valence-corrected chi connectivity index (χ3v) is 4.05. The van der Waals surface area contributed by atoms with Gasteiger partial charge in [0.25, 0.3) is 0 Å². The molecule has 2 heteroatoms. The average molecular weight is 279 g/mol. The Labute approximate surface area is 125 Å². The lowest BCUT2D eigenvalue weighted by Crippen LogP contribution is -2.16. The molecular weight excluding hydrogens is 258 g/mol. The molecule has 0 bridgehead atoms. The molecule has 0 aliphatic rings. The molecule has 108 valence electrons. The zero-order chi connectivity index (χ0) is 14.8. The first kappa shape index (κ1) is 13.9. The SMILES string of the molecule is CCc1ccc(C(NC)c2cc3cccc(C)c3o2)cc1. The fraction of sp³-hybridized carbons (Fsp3) is 0.263. The van der Waals surface area contributed by atoms with Crippen molar-refractivity contribution in [2.24, 2.45) is 0 Å². The van der Waals surface area contributed by atoms with Crippen LogP contribution in [-0.2, 0) is 6.42 Å². The van der Waals surface area contributed by atoms with Gasteiger partial charge in [-0.1, -0.05) is 49.4 Å². The minimum absolute atomic E-state index is 0.0858. The van der Waals surface area contributed by atoms with Gasteiger partial charge in [0.2, 0.25) is 0 Å². The number of rotatable bonds is 4. The normalized spacial score (nSPS) is 12.7. The molecule has 1 unspecified atom stereocenters. The van der Waals surface area contributed by atoms with Crippen molar-refractivity contribution >= 4 is 11.0 Å². The number of para-hydroxylation sites is 1. The molecule has 0 aliphatic carbocycles. The van der Waals surface area contributed by atoms with Gasteiger partial charge in [-0.05, 0) is 43.1 Å². The lowest BCUT2D eigenvalue weighted by Gasteiger charge is -2.14. The molecule has 1 N–H and O–H groups in total. The minimum Gasteiger partial charge on any atom is -0.459 e. The Balaban J connectivity index is 2.02. The fourth-order valence-electron chi connectivity index (χ4n) is 2.79. The molecule has 0 saturated carbocycles. The van der Waals surface area contributed by atoms with Crippen LogP contribution in [0.1, 0.15) is 35.4 Å². The summed E-state index contributed by atoms with van der Waals surface area (Å²) >= 11 is 0. The van der Waals surface area contributed by atoms with Gasteiger partial charge in [-0.2, -0.15) is 0 Å². The van der Waals surface area contributed by atoms with Gasteiger partial charge < -0.3 is 9.73 Å². The van der Waals surface area contributed by atoms with E-state index in [1.54, 1.807) is 0 Å². The van der Waals surface area contributed by atoms with Gasteiger partial charge in [0.05, 0.1) is 6.04 Å². The molecule has 21 heavy (non-hydrogen) atoms. The van der Waals surface area contributed by atoms with E-state index >= 15 is 0 Å². The van der Waals surface area contributed by atoms with Crippen molar-refractivity contribution in [1.82, 2.24) is 5.32 Å². The van der Waals surface area contributed by atoms with E-state index in [0.29, 0.717) is 0 Å².